The smallest absolute Gasteiger partial charge is 0.227 e. The Bertz CT molecular complexity index is 466. The Balaban J connectivity index is 1.62. The topological polar surface area (TPSA) is 41.6 Å². The van der Waals surface area contributed by atoms with Crippen molar-refractivity contribution in [1.82, 2.24) is 10.2 Å². The molecular weight excluding hydrogens is 252 g/mol. The van der Waals surface area contributed by atoms with E-state index in [-0.39, 0.29) is 5.92 Å². The molecule has 2 unspecified atom stereocenters. The lowest BCUT2D eigenvalue weighted by atomic mass is 9.98. The van der Waals surface area contributed by atoms with Crippen molar-refractivity contribution < 1.29 is 9.53 Å². The van der Waals surface area contributed by atoms with Crippen molar-refractivity contribution in [3.8, 4) is 5.75 Å². The van der Waals surface area contributed by atoms with Gasteiger partial charge in [-0.15, -0.1) is 0 Å². The van der Waals surface area contributed by atoms with E-state index in [1.54, 1.807) is 7.11 Å². The maximum Gasteiger partial charge on any atom is 0.227 e. The number of hydrogen-bond acceptors (Lipinski definition) is 3. The van der Waals surface area contributed by atoms with E-state index in [2.05, 4.69) is 17.4 Å². The van der Waals surface area contributed by atoms with Gasteiger partial charge in [0.05, 0.1) is 13.0 Å². The second-order valence-electron chi connectivity index (χ2n) is 5.73. The molecule has 0 aliphatic carbocycles. The number of carbonyl (C=O) groups excluding carboxylic acids is 1. The van der Waals surface area contributed by atoms with Gasteiger partial charge in [0.15, 0.2) is 0 Å². The van der Waals surface area contributed by atoms with Crippen LogP contribution in [0.25, 0.3) is 0 Å². The van der Waals surface area contributed by atoms with Crippen LogP contribution in [0, 0.1) is 5.92 Å². The molecule has 4 nitrogen and oxygen atoms in total. The van der Waals surface area contributed by atoms with Gasteiger partial charge >= 0.3 is 0 Å². The lowest BCUT2D eigenvalue weighted by Crippen LogP contribution is -2.35. The largest absolute Gasteiger partial charge is 0.497 e. The lowest BCUT2D eigenvalue weighted by Gasteiger charge is -2.20. The molecule has 2 aliphatic rings. The zero-order valence-corrected chi connectivity index (χ0v) is 12.0. The highest BCUT2D eigenvalue weighted by Gasteiger charge is 2.32. The van der Waals surface area contributed by atoms with Crippen LogP contribution in [0.2, 0.25) is 0 Å². The van der Waals surface area contributed by atoms with E-state index in [0.717, 1.165) is 44.8 Å². The normalized spacial score (nSPS) is 25.9. The maximum absolute atomic E-state index is 12.4. The van der Waals surface area contributed by atoms with Crippen LogP contribution >= 0.6 is 0 Å². The van der Waals surface area contributed by atoms with Crippen LogP contribution in [-0.4, -0.2) is 44.1 Å². The minimum Gasteiger partial charge on any atom is -0.497 e. The minimum absolute atomic E-state index is 0.199. The Kier molecular flexibility index (Phi) is 3.92. The summed E-state index contributed by atoms with van der Waals surface area (Å²) in [5, 5.41) is 3.27. The molecule has 2 saturated heterocycles. The molecule has 20 heavy (non-hydrogen) atoms. The summed E-state index contributed by atoms with van der Waals surface area (Å²) in [6.45, 7) is 3.59. The Morgan fingerprint density at radius 2 is 2.10 bits per heavy atom. The van der Waals surface area contributed by atoms with Crippen LogP contribution in [0.3, 0.4) is 0 Å². The fourth-order valence-corrected chi connectivity index (χ4v) is 3.23. The van der Waals surface area contributed by atoms with Crippen molar-refractivity contribution in [1.29, 1.82) is 0 Å². The summed E-state index contributed by atoms with van der Waals surface area (Å²) >= 11 is 0. The Morgan fingerprint density at radius 3 is 2.75 bits per heavy atom. The Labute approximate surface area is 120 Å². The van der Waals surface area contributed by atoms with E-state index in [9.17, 15) is 4.79 Å². The van der Waals surface area contributed by atoms with Crippen molar-refractivity contribution >= 4 is 5.91 Å². The SMILES string of the molecule is COc1ccc(C2CCN(C(=O)C3CCNC3)C2)cc1. The van der Waals surface area contributed by atoms with Gasteiger partial charge in [-0.2, -0.15) is 0 Å². The number of nitrogens with one attached hydrogen (secondary N) is 1. The Hall–Kier alpha value is -1.55. The van der Waals surface area contributed by atoms with Gasteiger partial charge in [-0.1, -0.05) is 12.1 Å². The summed E-state index contributed by atoms with van der Waals surface area (Å²) in [6.07, 6.45) is 2.06. The molecule has 1 aromatic carbocycles. The molecule has 0 bridgehead atoms. The zero-order chi connectivity index (χ0) is 13.9. The van der Waals surface area contributed by atoms with E-state index in [4.69, 9.17) is 4.74 Å². The summed E-state index contributed by atoms with van der Waals surface area (Å²) in [6, 6.07) is 8.24. The van der Waals surface area contributed by atoms with Gasteiger partial charge in [-0.3, -0.25) is 4.79 Å². The quantitative estimate of drug-likeness (QED) is 0.910. The third-order valence-electron chi connectivity index (χ3n) is 4.50. The minimum atomic E-state index is 0.199. The molecule has 0 radical (unpaired) electrons. The van der Waals surface area contributed by atoms with Gasteiger partial charge in [0.2, 0.25) is 5.91 Å². The van der Waals surface area contributed by atoms with Crippen LogP contribution in [0.4, 0.5) is 0 Å². The molecule has 1 N–H and O–H groups in total. The second-order valence-corrected chi connectivity index (χ2v) is 5.73. The molecule has 108 valence electrons. The van der Waals surface area contributed by atoms with Crippen molar-refractivity contribution in [3.63, 3.8) is 0 Å². The average molecular weight is 274 g/mol. The average Bonchev–Trinajstić information content (AvgIpc) is 3.18. The summed E-state index contributed by atoms with van der Waals surface area (Å²) < 4.78 is 5.19. The zero-order valence-electron chi connectivity index (χ0n) is 12.0. The fourth-order valence-electron chi connectivity index (χ4n) is 3.23. The number of carbonyl (C=O) groups is 1. The first kappa shape index (κ1) is 13.4. The highest BCUT2D eigenvalue weighted by Crippen LogP contribution is 2.29. The first-order valence-corrected chi connectivity index (χ1v) is 7.41. The fraction of sp³-hybridized carbons (Fsp3) is 0.562. The molecule has 2 heterocycles. The first-order chi connectivity index (χ1) is 9.78. The molecular formula is C16H22N2O2. The molecule has 2 atom stereocenters. The van der Waals surface area contributed by atoms with Gasteiger partial charge in [0.1, 0.15) is 5.75 Å². The summed E-state index contributed by atoms with van der Waals surface area (Å²) in [7, 11) is 1.68. The highest BCUT2D eigenvalue weighted by atomic mass is 16.5. The van der Waals surface area contributed by atoms with Crippen molar-refractivity contribution in [2.24, 2.45) is 5.92 Å². The predicted octanol–water partition coefficient (Wildman–Crippen LogP) is 1.62. The van der Waals surface area contributed by atoms with Crippen LogP contribution < -0.4 is 10.1 Å². The summed E-state index contributed by atoms with van der Waals surface area (Å²) in [4.78, 5) is 14.4. The van der Waals surface area contributed by atoms with E-state index < -0.39 is 0 Å². The number of rotatable bonds is 3. The second kappa shape index (κ2) is 5.83. The summed E-state index contributed by atoms with van der Waals surface area (Å²) in [5.74, 6) is 1.89. The third-order valence-corrected chi connectivity index (χ3v) is 4.50. The molecule has 0 spiro atoms. The number of benzene rings is 1. The predicted molar refractivity (Wildman–Crippen MR) is 77.9 cm³/mol. The van der Waals surface area contributed by atoms with E-state index >= 15 is 0 Å². The van der Waals surface area contributed by atoms with Gasteiger partial charge < -0.3 is 15.0 Å². The van der Waals surface area contributed by atoms with Crippen molar-refractivity contribution in [3.05, 3.63) is 29.8 Å². The molecule has 1 aromatic rings. The molecule has 2 fully saturated rings. The van der Waals surface area contributed by atoms with E-state index in [1.807, 2.05) is 17.0 Å². The van der Waals surface area contributed by atoms with E-state index in [0.29, 0.717) is 11.8 Å². The van der Waals surface area contributed by atoms with Crippen LogP contribution in [0.15, 0.2) is 24.3 Å². The molecule has 0 aromatic heterocycles. The third kappa shape index (κ3) is 2.66. The van der Waals surface area contributed by atoms with Gasteiger partial charge in [-0.05, 0) is 37.1 Å². The highest BCUT2D eigenvalue weighted by molar-refractivity contribution is 5.79. The lowest BCUT2D eigenvalue weighted by molar-refractivity contribution is -0.133. The molecule has 0 saturated carbocycles. The maximum atomic E-state index is 12.4. The van der Waals surface area contributed by atoms with Crippen molar-refractivity contribution in [2.75, 3.05) is 33.3 Å². The van der Waals surface area contributed by atoms with Crippen LogP contribution in [0.1, 0.15) is 24.3 Å². The van der Waals surface area contributed by atoms with Crippen LogP contribution in [-0.2, 0) is 4.79 Å². The number of hydrogen-bond donors (Lipinski definition) is 1. The monoisotopic (exact) mass is 274 g/mol. The molecule has 3 rings (SSSR count). The van der Waals surface area contributed by atoms with E-state index in [1.165, 1.54) is 5.56 Å². The van der Waals surface area contributed by atoms with Gasteiger partial charge in [-0.25, -0.2) is 0 Å². The molecule has 2 aliphatic heterocycles. The number of methoxy groups -OCH3 is 1. The van der Waals surface area contributed by atoms with Crippen molar-refractivity contribution in [2.45, 2.75) is 18.8 Å². The molecule has 1 amide bonds. The van der Waals surface area contributed by atoms with Gasteiger partial charge in [0, 0.05) is 25.6 Å². The Morgan fingerprint density at radius 1 is 1.30 bits per heavy atom. The molecule has 4 heteroatoms. The number of ether oxygens (including phenoxy) is 1. The van der Waals surface area contributed by atoms with Crippen LogP contribution in [0.5, 0.6) is 5.75 Å². The number of nitrogens with zero attached hydrogens (tertiary/aromatic N) is 1. The van der Waals surface area contributed by atoms with Gasteiger partial charge in [0.25, 0.3) is 0 Å². The number of amides is 1. The standard InChI is InChI=1S/C16H22N2O2/c1-20-15-4-2-12(3-5-15)14-7-9-18(11-14)16(19)13-6-8-17-10-13/h2-5,13-14,17H,6-11H2,1H3. The number of likely N-dealkylation sites (tertiary alicyclic amines) is 1. The summed E-state index contributed by atoms with van der Waals surface area (Å²) in [5.41, 5.74) is 1.31. The first-order valence-electron chi connectivity index (χ1n) is 7.41.